The van der Waals surface area contributed by atoms with Gasteiger partial charge in [-0.2, -0.15) is 0 Å². The van der Waals surface area contributed by atoms with Crippen molar-refractivity contribution in [3.05, 3.63) is 59.7 Å². The first-order chi connectivity index (χ1) is 13.6. The summed E-state index contributed by atoms with van der Waals surface area (Å²) in [6.45, 7) is -0.0477. The zero-order chi connectivity index (χ0) is 21.8. The van der Waals surface area contributed by atoms with E-state index in [1.807, 2.05) is 0 Å². The van der Waals surface area contributed by atoms with E-state index < -0.39 is 36.2 Å². The predicted molar refractivity (Wildman–Crippen MR) is 103 cm³/mol. The Kier molecular flexibility index (Phi) is 6.81. The molecule has 29 heavy (non-hydrogen) atoms. The van der Waals surface area contributed by atoms with Crippen LogP contribution in [0, 0.1) is 0 Å². The van der Waals surface area contributed by atoms with Crippen LogP contribution in [0.1, 0.15) is 22.8 Å². The first-order valence-electron chi connectivity index (χ1n) is 8.81. The van der Waals surface area contributed by atoms with Crippen LogP contribution >= 0.6 is 0 Å². The summed E-state index contributed by atoms with van der Waals surface area (Å²) >= 11 is 0. The summed E-state index contributed by atoms with van der Waals surface area (Å²) in [6, 6.07) is 10.7. The predicted octanol–water partition coefficient (Wildman–Crippen LogP) is 2.21. The number of alkyl halides is 2. The van der Waals surface area contributed by atoms with E-state index >= 15 is 0 Å². The second kappa shape index (κ2) is 8.91. The lowest BCUT2D eigenvalue weighted by molar-refractivity contribution is -0.135. The maximum Gasteiger partial charge on any atom is 0.270 e. The van der Waals surface area contributed by atoms with Gasteiger partial charge in [0.05, 0.1) is 0 Å². The minimum atomic E-state index is -2.92. The molecular formula is C21H22F2N2O4. The largest absolute Gasteiger partial charge is 0.388 e. The Bertz CT molecular complexity index is 874. The van der Waals surface area contributed by atoms with Crippen molar-refractivity contribution >= 4 is 17.6 Å². The van der Waals surface area contributed by atoms with Gasteiger partial charge in [0.25, 0.3) is 11.8 Å². The molecule has 0 aliphatic carbocycles. The molecule has 8 heteroatoms. The van der Waals surface area contributed by atoms with Gasteiger partial charge in [-0.05, 0) is 23.3 Å². The number of carbonyl (C=O) groups is 3. The highest BCUT2D eigenvalue weighted by Gasteiger charge is 2.32. The second-order valence-corrected chi connectivity index (χ2v) is 6.60. The third kappa shape index (κ3) is 5.03. The molecule has 0 aliphatic rings. The SMILES string of the molecule is CNC(=O)C(C(=O)CO)N(C)C(=O)c1ccc(-c2ccc(C(C)(F)F)cc2)cc1. The van der Waals surface area contributed by atoms with Crippen LogP contribution in [-0.4, -0.2) is 54.3 Å². The average molecular weight is 404 g/mol. The maximum absolute atomic E-state index is 13.3. The van der Waals surface area contributed by atoms with Crippen molar-refractivity contribution in [2.75, 3.05) is 20.7 Å². The van der Waals surface area contributed by atoms with Gasteiger partial charge in [0.15, 0.2) is 11.8 Å². The van der Waals surface area contributed by atoms with Gasteiger partial charge in [0.1, 0.15) is 6.61 Å². The molecular weight excluding hydrogens is 382 g/mol. The van der Waals surface area contributed by atoms with Crippen molar-refractivity contribution in [1.29, 1.82) is 0 Å². The van der Waals surface area contributed by atoms with E-state index in [9.17, 15) is 23.2 Å². The van der Waals surface area contributed by atoms with Crippen molar-refractivity contribution < 1.29 is 28.3 Å². The number of benzene rings is 2. The summed E-state index contributed by atoms with van der Waals surface area (Å²) in [6.07, 6.45) is 0. The molecule has 2 N–H and O–H groups in total. The number of Topliss-reactive ketones (excluding diaryl/α,β-unsaturated/α-hetero) is 1. The molecule has 2 amide bonds. The minimum Gasteiger partial charge on any atom is -0.388 e. The van der Waals surface area contributed by atoms with Crippen molar-refractivity contribution in [2.45, 2.75) is 18.9 Å². The molecule has 1 unspecified atom stereocenters. The lowest BCUT2D eigenvalue weighted by Crippen LogP contribution is -2.52. The number of hydrogen-bond donors (Lipinski definition) is 2. The molecule has 0 aliphatic heterocycles. The van der Waals surface area contributed by atoms with Crippen LogP contribution < -0.4 is 5.32 Å². The summed E-state index contributed by atoms with van der Waals surface area (Å²) in [7, 11) is 2.63. The third-order valence-electron chi connectivity index (χ3n) is 4.52. The third-order valence-corrected chi connectivity index (χ3v) is 4.52. The highest BCUT2D eigenvalue weighted by molar-refractivity contribution is 6.10. The summed E-state index contributed by atoms with van der Waals surface area (Å²) in [5.41, 5.74) is 1.55. The van der Waals surface area contributed by atoms with Gasteiger partial charge in [-0.3, -0.25) is 14.4 Å². The fourth-order valence-corrected chi connectivity index (χ4v) is 2.84. The lowest BCUT2D eigenvalue weighted by atomic mass is 10.0. The Labute approximate surface area is 167 Å². The Morgan fingerprint density at radius 2 is 1.52 bits per heavy atom. The topological polar surface area (TPSA) is 86.7 Å². The van der Waals surface area contributed by atoms with Crippen LogP contribution in [-0.2, 0) is 15.5 Å². The van der Waals surface area contributed by atoms with Crippen molar-refractivity contribution in [1.82, 2.24) is 10.2 Å². The van der Waals surface area contributed by atoms with Crippen LogP contribution in [0.5, 0.6) is 0 Å². The summed E-state index contributed by atoms with van der Waals surface area (Å²) in [5, 5.41) is 11.4. The molecule has 0 fully saturated rings. The molecule has 0 spiro atoms. The highest BCUT2D eigenvalue weighted by Crippen LogP contribution is 2.29. The van der Waals surface area contributed by atoms with Crippen molar-refractivity contribution in [3.63, 3.8) is 0 Å². The van der Waals surface area contributed by atoms with Crippen LogP contribution in [0.3, 0.4) is 0 Å². The average Bonchev–Trinajstić information content (AvgIpc) is 2.72. The van der Waals surface area contributed by atoms with Crippen LogP contribution in [0.15, 0.2) is 48.5 Å². The molecule has 2 aromatic carbocycles. The van der Waals surface area contributed by atoms with E-state index in [0.29, 0.717) is 11.1 Å². The maximum atomic E-state index is 13.3. The zero-order valence-corrected chi connectivity index (χ0v) is 16.3. The smallest absolute Gasteiger partial charge is 0.270 e. The molecule has 0 saturated heterocycles. The number of nitrogens with zero attached hydrogens (tertiary/aromatic N) is 1. The fraction of sp³-hybridized carbons (Fsp3) is 0.286. The van der Waals surface area contributed by atoms with Gasteiger partial charge in [-0.25, -0.2) is 8.78 Å². The molecule has 0 saturated carbocycles. The first kappa shape index (κ1) is 22.2. The minimum absolute atomic E-state index is 0.0940. The Hall–Kier alpha value is -3.13. The summed E-state index contributed by atoms with van der Waals surface area (Å²) in [5.74, 6) is -5.01. The van der Waals surface area contributed by atoms with Crippen molar-refractivity contribution in [3.8, 4) is 11.1 Å². The van der Waals surface area contributed by atoms with Gasteiger partial charge in [-0.1, -0.05) is 36.4 Å². The number of nitrogens with one attached hydrogen (secondary N) is 1. The van der Waals surface area contributed by atoms with Gasteiger partial charge in [0.2, 0.25) is 5.91 Å². The molecule has 6 nitrogen and oxygen atoms in total. The number of amides is 2. The molecule has 0 radical (unpaired) electrons. The van der Waals surface area contributed by atoms with Gasteiger partial charge >= 0.3 is 0 Å². The van der Waals surface area contributed by atoms with Crippen LogP contribution in [0.2, 0.25) is 0 Å². The van der Waals surface area contributed by atoms with Gasteiger partial charge < -0.3 is 15.3 Å². The fourth-order valence-electron chi connectivity index (χ4n) is 2.84. The summed E-state index contributed by atoms with van der Waals surface area (Å²) in [4.78, 5) is 37.4. The Morgan fingerprint density at radius 3 is 1.93 bits per heavy atom. The van der Waals surface area contributed by atoms with Crippen molar-refractivity contribution in [2.24, 2.45) is 0 Å². The normalized spacial score (nSPS) is 12.2. The molecule has 2 aromatic rings. The van der Waals surface area contributed by atoms with E-state index in [4.69, 9.17) is 5.11 Å². The monoisotopic (exact) mass is 404 g/mol. The molecule has 0 aromatic heterocycles. The molecule has 0 bridgehead atoms. The first-order valence-corrected chi connectivity index (χ1v) is 8.81. The number of hydrogen-bond acceptors (Lipinski definition) is 4. The van der Waals surface area contributed by atoms with Gasteiger partial charge in [-0.15, -0.1) is 0 Å². The quantitative estimate of drug-likeness (QED) is 0.693. The summed E-state index contributed by atoms with van der Waals surface area (Å²) < 4.78 is 26.7. The number of rotatable bonds is 7. The highest BCUT2D eigenvalue weighted by atomic mass is 19.3. The van der Waals surface area contributed by atoms with E-state index in [2.05, 4.69) is 5.32 Å². The van der Waals surface area contributed by atoms with Crippen LogP contribution in [0.4, 0.5) is 8.78 Å². The molecule has 1 atom stereocenters. The number of halogens is 2. The van der Waals surface area contributed by atoms with E-state index in [1.54, 1.807) is 24.3 Å². The lowest BCUT2D eigenvalue weighted by Gasteiger charge is -2.25. The van der Waals surface area contributed by atoms with E-state index in [-0.39, 0.29) is 11.1 Å². The van der Waals surface area contributed by atoms with Crippen LogP contribution in [0.25, 0.3) is 11.1 Å². The molecule has 2 rings (SSSR count). The standard InChI is InChI=1S/C21H22F2N2O4/c1-21(22,23)16-10-8-14(9-11-16)13-4-6-15(7-5-13)20(29)25(3)18(17(27)12-26)19(28)24-2/h4-11,18,26H,12H2,1-3H3,(H,24,28). The number of likely N-dealkylation sites (N-methyl/N-ethyl adjacent to an activating group) is 2. The van der Waals surface area contributed by atoms with E-state index in [0.717, 1.165) is 11.8 Å². The van der Waals surface area contributed by atoms with Gasteiger partial charge in [0, 0.05) is 32.1 Å². The Balaban J connectivity index is 2.23. The number of aliphatic hydroxyl groups is 1. The number of carbonyl (C=O) groups excluding carboxylic acids is 3. The molecule has 0 heterocycles. The molecule has 154 valence electrons. The zero-order valence-electron chi connectivity index (χ0n) is 16.3. The number of ketones is 1. The Morgan fingerprint density at radius 1 is 1.03 bits per heavy atom. The second-order valence-electron chi connectivity index (χ2n) is 6.60. The van der Waals surface area contributed by atoms with E-state index in [1.165, 1.54) is 38.4 Å². The number of aliphatic hydroxyl groups excluding tert-OH is 1.